The molecule has 0 aliphatic heterocycles. The van der Waals surface area contributed by atoms with E-state index >= 15 is 0 Å². The van der Waals surface area contributed by atoms with Gasteiger partial charge in [-0.3, -0.25) is 19.4 Å². The van der Waals surface area contributed by atoms with Crippen LogP contribution in [0.1, 0.15) is 41.3 Å². The summed E-state index contributed by atoms with van der Waals surface area (Å²) in [5.41, 5.74) is 0.322. The van der Waals surface area contributed by atoms with Crippen LogP contribution in [0, 0.1) is 0 Å². The van der Waals surface area contributed by atoms with E-state index in [1.54, 1.807) is 43.3 Å². The standard InChI is InChI=1S/C26H23ClF3N3O4/c1-2-37-25(36)12-16-5-7-18(8-6-16)32-22-14-20(27)19(26(28,29)30)13-21(22)33-24(35)10-9-23(34)17-4-3-11-31-15-17/h3-8,11,13-15,32H,2,9-10,12H2,1H3,(H,33,35). The van der Waals surface area contributed by atoms with Crippen molar-refractivity contribution in [3.8, 4) is 0 Å². The number of hydrogen-bond donors (Lipinski definition) is 2. The third kappa shape index (κ3) is 8.04. The summed E-state index contributed by atoms with van der Waals surface area (Å²) in [5, 5.41) is 4.82. The Hall–Kier alpha value is -3.92. The van der Waals surface area contributed by atoms with E-state index in [2.05, 4.69) is 15.6 Å². The number of amides is 1. The molecule has 2 N–H and O–H groups in total. The molecule has 7 nitrogen and oxygen atoms in total. The van der Waals surface area contributed by atoms with E-state index in [1.807, 2.05) is 0 Å². The first-order valence-corrected chi connectivity index (χ1v) is 11.6. The van der Waals surface area contributed by atoms with Crippen molar-refractivity contribution in [1.82, 2.24) is 4.98 Å². The minimum atomic E-state index is -4.75. The molecular weight excluding hydrogens is 511 g/mol. The highest BCUT2D eigenvalue weighted by atomic mass is 35.5. The maximum Gasteiger partial charge on any atom is 0.417 e. The molecule has 3 rings (SSSR count). The van der Waals surface area contributed by atoms with Crippen LogP contribution in [0.3, 0.4) is 0 Å². The zero-order chi connectivity index (χ0) is 27.0. The van der Waals surface area contributed by atoms with Gasteiger partial charge in [0.25, 0.3) is 0 Å². The summed E-state index contributed by atoms with van der Waals surface area (Å²) < 4.78 is 45.3. The van der Waals surface area contributed by atoms with E-state index in [4.69, 9.17) is 16.3 Å². The van der Waals surface area contributed by atoms with Crippen molar-refractivity contribution >= 4 is 46.3 Å². The Morgan fingerprint density at radius 1 is 1.03 bits per heavy atom. The zero-order valence-electron chi connectivity index (χ0n) is 19.7. The van der Waals surface area contributed by atoms with Crippen LogP contribution in [0.2, 0.25) is 5.02 Å². The van der Waals surface area contributed by atoms with Crippen molar-refractivity contribution in [3.63, 3.8) is 0 Å². The van der Waals surface area contributed by atoms with Gasteiger partial charge in [-0.15, -0.1) is 0 Å². The van der Waals surface area contributed by atoms with Crippen LogP contribution in [-0.4, -0.2) is 29.3 Å². The Morgan fingerprint density at radius 3 is 2.38 bits per heavy atom. The number of esters is 1. The lowest BCUT2D eigenvalue weighted by Gasteiger charge is -2.18. The van der Waals surface area contributed by atoms with Crippen molar-refractivity contribution in [2.24, 2.45) is 0 Å². The highest BCUT2D eigenvalue weighted by Crippen LogP contribution is 2.40. The second-order valence-corrected chi connectivity index (χ2v) is 8.30. The van der Waals surface area contributed by atoms with Crippen LogP contribution >= 0.6 is 11.6 Å². The van der Waals surface area contributed by atoms with Gasteiger partial charge in [-0.05, 0) is 48.9 Å². The van der Waals surface area contributed by atoms with E-state index in [1.165, 1.54) is 12.4 Å². The normalized spacial score (nSPS) is 11.1. The van der Waals surface area contributed by atoms with Gasteiger partial charge in [0.15, 0.2) is 5.78 Å². The van der Waals surface area contributed by atoms with Gasteiger partial charge in [-0.25, -0.2) is 0 Å². The molecular formula is C26H23ClF3N3O4. The Balaban J connectivity index is 1.78. The number of carbonyl (C=O) groups is 3. The van der Waals surface area contributed by atoms with Gasteiger partial charge in [0, 0.05) is 36.5 Å². The van der Waals surface area contributed by atoms with Crippen LogP contribution in [0.25, 0.3) is 0 Å². The second-order valence-electron chi connectivity index (χ2n) is 7.89. The van der Waals surface area contributed by atoms with Crippen molar-refractivity contribution < 1.29 is 32.3 Å². The molecule has 194 valence electrons. The van der Waals surface area contributed by atoms with E-state index in [-0.39, 0.29) is 49.0 Å². The lowest BCUT2D eigenvalue weighted by molar-refractivity contribution is -0.142. The Morgan fingerprint density at radius 2 is 1.76 bits per heavy atom. The van der Waals surface area contributed by atoms with Gasteiger partial charge >= 0.3 is 12.1 Å². The number of nitrogens with one attached hydrogen (secondary N) is 2. The van der Waals surface area contributed by atoms with Gasteiger partial charge in [-0.1, -0.05) is 23.7 Å². The van der Waals surface area contributed by atoms with Crippen LogP contribution in [-0.2, 0) is 26.9 Å². The topological polar surface area (TPSA) is 97.4 Å². The van der Waals surface area contributed by atoms with Crippen LogP contribution in [0.4, 0.5) is 30.2 Å². The minimum absolute atomic E-state index is 0.0687. The van der Waals surface area contributed by atoms with Gasteiger partial charge < -0.3 is 15.4 Å². The summed E-state index contributed by atoms with van der Waals surface area (Å²) in [4.78, 5) is 40.3. The lowest BCUT2D eigenvalue weighted by atomic mass is 10.1. The number of pyridine rings is 1. The quantitative estimate of drug-likeness (QED) is 0.238. The molecule has 37 heavy (non-hydrogen) atoms. The summed E-state index contributed by atoms with van der Waals surface area (Å²) >= 11 is 5.90. The molecule has 0 fully saturated rings. The first kappa shape index (κ1) is 27.7. The predicted molar refractivity (Wildman–Crippen MR) is 133 cm³/mol. The van der Waals surface area contributed by atoms with Gasteiger partial charge in [0.1, 0.15) is 0 Å². The number of benzene rings is 2. The number of ether oxygens (including phenoxy) is 1. The average Bonchev–Trinajstić information content (AvgIpc) is 2.85. The molecule has 0 unspecified atom stereocenters. The number of nitrogens with zero attached hydrogens (tertiary/aromatic N) is 1. The maximum absolute atomic E-state index is 13.5. The van der Waals surface area contributed by atoms with Crippen LogP contribution in [0.5, 0.6) is 0 Å². The van der Waals surface area contributed by atoms with Crippen molar-refractivity contribution in [2.75, 3.05) is 17.2 Å². The molecule has 1 heterocycles. The summed E-state index contributed by atoms with van der Waals surface area (Å²) in [5.74, 6) is -1.36. The summed E-state index contributed by atoms with van der Waals surface area (Å²) in [7, 11) is 0. The fraction of sp³-hybridized carbons (Fsp3) is 0.231. The zero-order valence-corrected chi connectivity index (χ0v) is 20.4. The van der Waals surface area contributed by atoms with E-state index in [9.17, 15) is 27.6 Å². The number of carbonyl (C=O) groups excluding carboxylic acids is 3. The Labute approximate surface area is 216 Å². The number of ketones is 1. The molecule has 0 aliphatic carbocycles. The Bertz CT molecular complexity index is 1270. The fourth-order valence-electron chi connectivity index (χ4n) is 3.35. The van der Waals surface area contributed by atoms with Crippen molar-refractivity contribution in [3.05, 3.63) is 82.6 Å². The van der Waals surface area contributed by atoms with E-state index < -0.39 is 22.7 Å². The molecule has 0 spiro atoms. The molecule has 0 saturated heterocycles. The summed E-state index contributed by atoms with van der Waals surface area (Å²) in [6.07, 6.45) is -2.21. The molecule has 3 aromatic rings. The van der Waals surface area contributed by atoms with E-state index in [0.29, 0.717) is 16.8 Å². The number of aromatic nitrogens is 1. The number of halogens is 4. The molecule has 1 amide bonds. The van der Waals surface area contributed by atoms with Crippen LogP contribution < -0.4 is 10.6 Å². The molecule has 0 bridgehead atoms. The van der Waals surface area contributed by atoms with Crippen LogP contribution in [0.15, 0.2) is 60.9 Å². The van der Waals surface area contributed by atoms with Crippen molar-refractivity contribution in [2.45, 2.75) is 32.4 Å². The third-order valence-corrected chi connectivity index (χ3v) is 5.45. The maximum atomic E-state index is 13.5. The smallest absolute Gasteiger partial charge is 0.417 e. The minimum Gasteiger partial charge on any atom is -0.466 e. The summed E-state index contributed by atoms with van der Waals surface area (Å²) in [6.45, 7) is 1.97. The van der Waals surface area contributed by atoms with Gasteiger partial charge in [0.2, 0.25) is 5.91 Å². The number of anilines is 3. The van der Waals surface area contributed by atoms with Gasteiger partial charge in [0.05, 0.1) is 35.0 Å². The third-order valence-electron chi connectivity index (χ3n) is 5.14. The fourth-order valence-corrected chi connectivity index (χ4v) is 3.62. The molecule has 2 aromatic carbocycles. The average molecular weight is 534 g/mol. The molecule has 1 aromatic heterocycles. The van der Waals surface area contributed by atoms with Gasteiger partial charge in [-0.2, -0.15) is 13.2 Å². The first-order valence-electron chi connectivity index (χ1n) is 11.2. The summed E-state index contributed by atoms with van der Waals surface area (Å²) in [6, 6.07) is 11.5. The lowest BCUT2D eigenvalue weighted by Crippen LogP contribution is -2.16. The molecule has 0 aliphatic rings. The Kier molecular flexibility index (Phi) is 9.24. The largest absolute Gasteiger partial charge is 0.466 e. The molecule has 0 saturated carbocycles. The highest BCUT2D eigenvalue weighted by Gasteiger charge is 2.34. The number of rotatable bonds is 10. The molecule has 0 atom stereocenters. The monoisotopic (exact) mass is 533 g/mol. The second kappa shape index (κ2) is 12.4. The highest BCUT2D eigenvalue weighted by molar-refractivity contribution is 6.32. The molecule has 0 radical (unpaired) electrons. The SMILES string of the molecule is CCOC(=O)Cc1ccc(Nc2cc(Cl)c(C(F)(F)F)cc2NC(=O)CCC(=O)c2cccnc2)cc1. The first-order chi connectivity index (χ1) is 17.6. The number of Topliss-reactive ketones (excluding diaryl/α,β-unsaturated/α-hetero) is 1. The predicted octanol–water partition coefficient (Wildman–Crippen LogP) is 6.20. The number of alkyl halides is 3. The van der Waals surface area contributed by atoms with Crippen molar-refractivity contribution in [1.29, 1.82) is 0 Å². The number of hydrogen-bond acceptors (Lipinski definition) is 6. The van der Waals surface area contributed by atoms with E-state index in [0.717, 1.165) is 12.1 Å². The molecule has 11 heteroatoms.